The second-order valence-electron chi connectivity index (χ2n) is 7.94. The molecule has 0 saturated carbocycles. The minimum absolute atomic E-state index is 0.0458. The van der Waals surface area contributed by atoms with Crippen molar-refractivity contribution < 1.29 is 28.9 Å². The maximum atomic E-state index is 13.2. The highest BCUT2D eigenvalue weighted by molar-refractivity contribution is 5.85. The van der Waals surface area contributed by atoms with Gasteiger partial charge in [-0.05, 0) is 13.8 Å². The molecule has 0 aromatic carbocycles. The van der Waals surface area contributed by atoms with Crippen LogP contribution in [-0.4, -0.2) is 123 Å². The highest BCUT2D eigenvalue weighted by Crippen LogP contribution is 2.33. The second kappa shape index (κ2) is 8.40. The summed E-state index contributed by atoms with van der Waals surface area (Å²) >= 11 is 0. The van der Waals surface area contributed by atoms with Gasteiger partial charge >= 0.3 is 12.1 Å². The Labute approximate surface area is 166 Å². The van der Waals surface area contributed by atoms with Gasteiger partial charge in [0, 0.05) is 13.1 Å². The molecule has 4 saturated heterocycles. The number of urea groups is 2. The highest BCUT2D eigenvalue weighted by Gasteiger charge is 2.59. The molecule has 4 heterocycles. The molecule has 4 amide bonds. The highest BCUT2D eigenvalue weighted by atomic mass is 16.5. The number of amides is 4. The number of likely N-dealkylation sites (N-methyl/N-ethyl adjacent to an activating group) is 2. The molecule has 0 aliphatic carbocycles. The molecule has 0 aromatic rings. The molecule has 10 nitrogen and oxygen atoms in total. The Morgan fingerprint density at radius 2 is 1.07 bits per heavy atom. The summed E-state index contributed by atoms with van der Waals surface area (Å²) in [6.07, 6.45) is -0.415. The van der Waals surface area contributed by atoms with Gasteiger partial charge < -0.3 is 19.3 Å². The summed E-state index contributed by atoms with van der Waals surface area (Å²) in [5.74, 6) is 0. The van der Waals surface area contributed by atoms with Crippen molar-refractivity contribution in [3.63, 3.8) is 0 Å². The summed E-state index contributed by atoms with van der Waals surface area (Å²) in [5, 5.41) is 0. The first-order valence-electron chi connectivity index (χ1n) is 10.6. The first-order chi connectivity index (χ1) is 13.7. The lowest BCUT2D eigenvalue weighted by Gasteiger charge is -2.33. The van der Waals surface area contributed by atoms with Crippen LogP contribution in [0.4, 0.5) is 9.59 Å². The Hall–Kier alpha value is -1.62. The molecule has 2 N–H and O–H groups in total. The Balaban J connectivity index is 1.56. The van der Waals surface area contributed by atoms with Gasteiger partial charge in [0.1, 0.15) is 26.2 Å². The number of rotatable bonds is 6. The molecule has 4 aliphatic heterocycles. The quantitative estimate of drug-likeness (QED) is 0.497. The fraction of sp³-hybridized carbons (Fsp3) is 0.889. The molecule has 4 fully saturated rings. The van der Waals surface area contributed by atoms with Gasteiger partial charge in [-0.1, -0.05) is 0 Å². The molecule has 0 bridgehead atoms. The van der Waals surface area contributed by atoms with Gasteiger partial charge in [-0.3, -0.25) is 19.6 Å². The minimum atomic E-state index is -0.208. The second-order valence-corrected chi connectivity index (χ2v) is 7.94. The van der Waals surface area contributed by atoms with Crippen molar-refractivity contribution in [1.82, 2.24) is 19.6 Å². The van der Waals surface area contributed by atoms with Crippen LogP contribution in [0.5, 0.6) is 0 Å². The van der Waals surface area contributed by atoms with Gasteiger partial charge in [-0.2, -0.15) is 0 Å². The molecular formula is C18H34N6O4+2. The molecule has 0 radical (unpaired) electrons. The number of fused-ring (bicyclic) bond motifs is 1. The van der Waals surface area contributed by atoms with Gasteiger partial charge in [0.15, 0.2) is 25.7 Å². The minimum Gasteiger partial charge on any atom is -0.370 e. The van der Waals surface area contributed by atoms with Crippen LogP contribution >= 0.6 is 0 Å². The lowest BCUT2D eigenvalue weighted by atomic mass is 10.3. The number of quaternary nitrogens is 2. The number of nitrogens with one attached hydrogen (secondary N) is 2. The van der Waals surface area contributed by atoms with Crippen LogP contribution in [0.15, 0.2) is 0 Å². The Morgan fingerprint density at radius 3 is 1.39 bits per heavy atom. The van der Waals surface area contributed by atoms with Crippen molar-refractivity contribution in [3.05, 3.63) is 0 Å². The maximum Gasteiger partial charge on any atom is 0.327 e. The van der Waals surface area contributed by atoms with Crippen LogP contribution in [0.25, 0.3) is 0 Å². The lowest BCUT2D eigenvalue weighted by Crippen LogP contribution is -3.15. The average molecular weight is 399 g/mol. The van der Waals surface area contributed by atoms with E-state index in [4.69, 9.17) is 9.47 Å². The van der Waals surface area contributed by atoms with Crippen molar-refractivity contribution in [2.24, 2.45) is 0 Å². The van der Waals surface area contributed by atoms with Gasteiger partial charge in [0.25, 0.3) is 0 Å². The van der Waals surface area contributed by atoms with Gasteiger partial charge in [-0.15, -0.1) is 0 Å². The molecule has 4 rings (SSSR count). The van der Waals surface area contributed by atoms with Crippen LogP contribution in [-0.2, 0) is 9.47 Å². The third kappa shape index (κ3) is 3.42. The molecule has 0 unspecified atom stereocenters. The number of ether oxygens (including phenoxy) is 2. The fourth-order valence-corrected chi connectivity index (χ4v) is 4.85. The summed E-state index contributed by atoms with van der Waals surface area (Å²) < 4.78 is 10.9. The summed E-state index contributed by atoms with van der Waals surface area (Å²) in [6.45, 7) is 13.0. The van der Waals surface area contributed by atoms with Crippen molar-refractivity contribution in [2.45, 2.75) is 26.2 Å². The number of hydrogen-bond acceptors (Lipinski definition) is 4. The predicted molar refractivity (Wildman–Crippen MR) is 99.6 cm³/mol. The monoisotopic (exact) mass is 398 g/mol. The fourth-order valence-electron chi connectivity index (χ4n) is 4.85. The van der Waals surface area contributed by atoms with Crippen molar-refractivity contribution >= 4 is 12.1 Å². The summed E-state index contributed by atoms with van der Waals surface area (Å²) in [6, 6.07) is 0.0915. The van der Waals surface area contributed by atoms with E-state index >= 15 is 0 Å². The predicted octanol–water partition coefficient (Wildman–Crippen LogP) is -3.10. The third-order valence-electron chi connectivity index (χ3n) is 6.40. The van der Waals surface area contributed by atoms with Crippen molar-refractivity contribution in [2.75, 3.05) is 79.0 Å². The molecule has 158 valence electrons. The number of morpholine rings is 2. The van der Waals surface area contributed by atoms with Crippen LogP contribution in [0, 0.1) is 0 Å². The first kappa shape index (κ1) is 19.7. The SMILES string of the molecule is CCN1C(=O)N(C[NH+]2CCOCC2)[C@H]2[C@@H]1N(C[NH+]1CCOCC1)C(=O)N2CC. The van der Waals surface area contributed by atoms with E-state index in [-0.39, 0.29) is 24.4 Å². The zero-order valence-corrected chi connectivity index (χ0v) is 17.1. The molecular weight excluding hydrogens is 364 g/mol. The van der Waals surface area contributed by atoms with E-state index in [2.05, 4.69) is 0 Å². The molecule has 2 atom stereocenters. The number of carbonyl (C=O) groups excluding carboxylic acids is 2. The molecule has 28 heavy (non-hydrogen) atoms. The van der Waals surface area contributed by atoms with E-state index in [0.29, 0.717) is 26.4 Å². The Kier molecular flexibility index (Phi) is 5.91. The van der Waals surface area contributed by atoms with E-state index < -0.39 is 0 Å². The molecule has 0 spiro atoms. The van der Waals surface area contributed by atoms with Crippen LogP contribution in [0.2, 0.25) is 0 Å². The van der Waals surface area contributed by atoms with E-state index in [0.717, 1.165) is 52.6 Å². The van der Waals surface area contributed by atoms with E-state index in [1.807, 2.05) is 33.4 Å². The summed E-state index contributed by atoms with van der Waals surface area (Å²) in [7, 11) is 0. The Morgan fingerprint density at radius 1 is 0.714 bits per heavy atom. The molecule has 10 heteroatoms. The van der Waals surface area contributed by atoms with Crippen LogP contribution in [0.3, 0.4) is 0 Å². The van der Waals surface area contributed by atoms with Gasteiger partial charge in [-0.25, -0.2) is 9.59 Å². The van der Waals surface area contributed by atoms with E-state index in [1.54, 1.807) is 0 Å². The zero-order valence-electron chi connectivity index (χ0n) is 17.1. The Bertz CT molecular complexity index is 530. The number of carbonyl (C=O) groups is 2. The number of hydrogen-bond donors (Lipinski definition) is 2. The van der Waals surface area contributed by atoms with Gasteiger partial charge in [0.2, 0.25) is 0 Å². The zero-order chi connectivity index (χ0) is 19.7. The largest absolute Gasteiger partial charge is 0.370 e. The molecule has 4 aliphatic rings. The number of nitrogens with zero attached hydrogens (tertiary/aromatic N) is 4. The maximum absolute atomic E-state index is 13.2. The van der Waals surface area contributed by atoms with E-state index in [1.165, 1.54) is 9.80 Å². The van der Waals surface area contributed by atoms with Crippen LogP contribution in [0.1, 0.15) is 13.8 Å². The summed E-state index contributed by atoms with van der Waals surface area (Å²) in [4.78, 5) is 36.8. The average Bonchev–Trinajstić information content (AvgIpc) is 3.14. The van der Waals surface area contributed by atoms with Crippen molar-refractivity contribution in [1.29, 1.82) is 0 Å². The van der Waals surface area contributed by atoms with Gasteiger partial charge in [0.05, 0.1) is 26.4 Å². The molecule has 0 aromatic heterocycles. The normalized spacial score (nSPS) is 29.9. The standard InChI is InChI=1S/C18H32N6O4/c1-3-21-15-16(24(17(21)25)14-20-7-11-28-12-8-20)22(4-2)18(26)23(15)13-19-5-9-27-10-6-19/h15-16H,3-14H2,1-2H3/p+2/t15-,16-/m0/s1. The van der Waals surface area contributed by atoms with Crippen molar-refractivity contribution in [3.8, 4) is 0 Å². The lowest BCUT2D eigenvalue weighted by molar-refractivity contribution is -0.917. The van der Waals surface area contributed by atoms with Crippen LogP contribution < -0.4 is 9.80 Å². The third-order valence-corrected chi connectivity index (χ3v) is 6.40. The topological polar surface area (TPSA) is 74.4 Å². The first-order valence-corrected chi connectivity index (χ1v) is 10.6. The summed E-state index contributed by atoms with van der Waals surface area (Å²) in [5.41, 5.74) is 0. The van der Waals surface area contributed by atoms with E-state index in [9.17, 15) is 9.59 Å². The smallest absolute Gasteiger partial charge is 0.327 e.